The Morgan fingerprint density at radius 1 is 1.32 bits per heavy atom. The second-order valence-corrected chi connectivity index (χ2v) is 5.15. The Hall–Kier alpha value is -1.63. The predicted octanol–water partition coefficient (Wildman–Crippen LogP) is 0.776. The number of thioether (sulfide) groups is 1. The molecule has 2 rings (SSSR count). The molecule has 0 unspecified atom stereocenters. The summed E-state index contributed by atoms with van der Waals surface area (Å²) in [4.78, 5) is 33.3. The molecule has 0 amide bonds. The second kappa shape index (κ2) is 6.51. The summed E-state index contributed by atoms with van der Waals surface area (Å²) in [6.07, 6.45) is 2.76. The van der Waals surface area contributed by atoms with Crippen LogP contribution in [0.5, 0.6) is 0 Å². The van der Waals surface area contributed by atoms with Gasteiger partial charge in [0.2, 0.25) is 5.95 Å². The van der Waals surface area contributed by atoms with Crippen LogP contribution in [-0.4, -0.2) is 52.9 Å². The van der Waals surface area contributed by atoms with Crippen molar-refractivity contribution in [1.82, 2.24) is 9.97 Å². The largest absolute Gasteiger partial charge is 0.460 e. The van der Waals surface area contributed by atoms with Crippen molar-refractivity contribution in [2.75, 3.05) is 36.1 Å². The molecule has 0 atom stereocenters. The molecule has 0 radical (unpaired) electrons. The van der Waals surface area contributed by atoms with Crippen LogP contribution in [0.2, 0.25) is 0 Å². The van der Waals surface area contributed by atoms with Gasteiger partial charge in [0.25, 0.3) is 5.78 Å². The smallest absolute Gasteiger partial charge is 0.379 e. The summed E-state index contributed by atoms with van der Waals surface area (Å²) in [6.45, 7) is 3.62. The zero-order chi connectivity index (χ0) is 13.7. The molecule has 1 aliphatic rings. The molecule has 0 bridgehead atoms. The van der Waals surface area contributed by atoms with Crippen LogP contribution in [0.4, 0.5) is 5.95 Å². The summed E-state index contributed by atoms with van der Waals surface area (Å²) < 4.78 is 4.65. The Morgan fingerprint density at radius 3 is 2.53 bits per heavy atom. The van der Waals surface area contributed by atoms with Gasteiger partial charge in [0.05, 0.1) is 12.2 Å². The van der Waals surface area contributed by atoms with Crippen molar-refractivity contribution in [1.29, 1.82) is 0 Å². The van der Waals surface area contributed by atoms with Crippen LogP contribution >= 0.6 is 11.8 Å². The number of Topliss-reactive ketones (excluding diaryl/α,β-unsaturated/α-hetero) is 1. The molecule has 0 aromatic carbocycles. The molecular weight excluding hydrogens is 266 g/mol. The third kappa shape index (κ3) is 3.44. The van der Waals surface area contributed by atoms with Gasteiger partial charge in [-0.1, -0.05) is 0 Å². The maximum atomic E-state index is 11.7. The van der Waals surface area contributed by atoms with Crippen molar-refractivity contribution >= 4 is 29.5 Å². The third-order valence-corrected chi connectivity index (χ3v) is 3.60. The van der Waals surface area contributed by atoms with E-state index in [0.29, 0.717) is 5.95 Å². The van der Waals surface area contributed by atoms with Crippen molar-refractivity contribution in [3.05, 3.63) is 18.0 Å². The number of ketones is 1. The van der Waals surface area contributed by atoms with Crippen molar-refractivity contribution in [2.24, 2.45) is 0 Å². The zero-order valence-electron chi connectivity index (χ0n) is 10.7. The molecule has 1 aromatic heterocycles. The lowest BCUT2D eigenvalue weighted by Gasteiger charge is -2.26. The highest BCUT2D eigenvalue weighted by atomic mass is 32.2. The van der Waals surface area contributed by atoms with Gasteiger partial charge in [-0.2, -0.15) is 11.8 Å². The van der Waals surface area contributed by atoms with Crippen LogP contribution in [0.25, 0.3) is 0 Å². The average Bonchev–Trinajstić information content (AvgIpc) is 2.48. The summed E-state index contributed by atoms with van der Waals surface area (Å²) in [5.41, 5.74) is 0.161. The van der Waals surface area contributed by atoms with Crippen molar-refractivity contribution in [3.63, 3.8) is 0 Å². The Balaban J connectivity index is 2.05. The first-order valence-corrected chi connectivity index (χ1v) is 7.24. The van der Waals surface area contributed by atoms with E-state index < -0.39 is 11.8 Å². The molecule has 0 N–H and O–H groups in total. The summed E-state index contributed by atoms with van der Waals surface area (Å²) in [5, 5.41) is 0. The van der Waals surface area contributed by atoms with Crippen molar-refractivity contribution < 1.29 is 14.3 Å². The maximum Gasteiger partial charge on any atom is 0.379 e. The maximum absolute atomic E-state index is 11.7. The fourth-order valence-corrected chi connectivity index (χ4v) is 2.58. The monoisotopic (exact) mass is 281 g/mol. The van der Waals surface area contributed by atoms with E-state index in [1.807, 2.05) is 11.8 Å². The molecule has 0 aliphatic carbocycles. The van der Waals surface area contributed by atoms with Gasteiger partial charge in [-0.15, -0.1) is 0 Å². The minimum atomic E-state index is -0.867. The highest BCUT2D eigenvalue weighted by Gasteiger charge is 2.19. The number of anilines is 1. The van der Waals surface area contributed by atoms with E-state index in [4.69, 9.17) is 0 Å². The SMILES string of the molecule is CCOC(=O)C(=O)c1cnc(N2CCSCC2)nc1. The fourth-order valence-electron chi connectivity index (χ4n) is 1.68. The Kier molecular flexibility index (Phi) is 4.73. The van der Waals surface area contributed by atoms with Crippen LogP contribution < -0.4 is 4.90 Å². The van der Waals surface area contributed by atoms with Gasteiger partial charge in [0.1, 0.15) is 0 Å². The molecule has 1 fully saturated rings. The minimum absolute atomic E-state index is 0.161. The first-order valence-electron chi connectivity index (χ1n) is 6.08. The Labute approximate surface area is 115 Å². The molecule has 102 valence electrons. The molecule has 0 saturated carbocycles. The molecule has 7 heteroatoms. The third-order valence-electron chi connectivity index (χ3n) is 2.66. The number of esters is 1. The first-order chi connectivity index (χ1) is 9.22. The van der Waals surface area contributed by atoms with Crippen LogP contribution in [0.15, 0.2) is 12.4 Å². The minimum Gasteiger partial charge on any atom is -0.460 e. The van der Waals surface area contributed by atoms with E-state index in [9.17, 15) is 9.59 Å². The summed E-state index contributed by atoms with van der Waals surface area (Å²) in [6, 6.07) is 0. The van der Waals surface area contributed by atoms with E-state index in [-0.39, 0.29) is 12.2 Å². The van der Waals surface area contributed by atoms with Crippen molar-refractivity contribution in [2.45, 2.75) is 6.92 Å². The van der Waals surface area contributed by atoms with E-state index in [0.717, 1.165) is 24.6 Å². The molecular formula is C12H15N3O3S. The lowest BCUT2D eigenvalue weighted by Crippen LogP contribution is -2.33. The topological polar surface area (TPSA) is 72.4 Å². The molecule has 1 saturated heterocycles. The summed E-state index contributed by atoms with van der Waals surface area (Å²) in [5.74, 6) is 1.12. The van der Waals surface area contributed by atoms with E-state index in [1.54, 1.807) is 6.92 Å². The van der Waals surface area contributed by atoms with Crippen molar-refractivity contribution in [3.8, 4) is 0 Å². The van der Waals surface area contributed by atoms with Crippen LogP contribution in [0.3, 0.4) is 0 Å². The average molecular weight is 281 g/mol. The summed E-state index contributed by atoms with van der Waals surface area (Å²) >= 11 is 1.90. The van der Waals surface area contributed by atoms with Crippen LogP contribution in [-0.2, 0) is 9.53 Å². The fraction of sp³-hybridized carbons (Fsp3) is 0.500. The number of nitrogens with zero attached hydrogens (tertiary/aromatic N) is 3. The van der Waals surface area contributed by atoms with E-state index >= 15 is 0 Å². The molecule has 1 aliphatic heterocycles. The zero-order valence-corrected chi connectivity index (χ0v) is 11.5. The van der Waals surface area contributed by atoms with Gasteiger partial charge >= 0.3 is 5.97 Å². The lowest BCUT2D eigenvalue weighted by atomic mass is 10.2. The number of hydrogen-bond donors (Lipinski definition) is 0. The lowest BCUT2D eigenvalue weighted by molar-refractivity contribution is -0.137. The standard InChI is InChI=1S/C12H15N3O3S/c1-2-18-11(17)10(16)9-7-13-12(14-8-9)15-3-5-19-6-4-15/h7-8H,2-6H2,1H3. The number of carbonyl (C=O) groups is 2. The second-order valence-electron chi connectivity index (χ2n) is 3.92. The van der Waals surface area contributed by atoms with E-state index in [1.165, 1.54) is 12.4 Å². The predicted molar refractivity (Wildman–Crippen MR) is 72.5 cm³/mol. The molecule has 2 heterocycles. The number of rotatable bonds is 4. The summed E-state index contributed by atoms with van der Waals surface area (Å²) in [7, 11) is 0. The normalized spacial score (nSPS) is 15.1. The number of ether oxygens (including phenoxy) is 1. The van der Waals surface area contributed by atoms with Gasteiger partial charge in [0.15, 0.2) is 0 Å². The number of carbonyl (C=O) groups excluding carboxylic acids is 2. The highest BCUT2D eigenvalue weighted by Crippen LogP contribution is 2.15. The highest BCUT2D eigenvalue weighted by molar-refractivity contribution is 7.99. The first kappa shape index (κ1) is 13.8. The van der Waals surface area contributed by atoms with E-state index in [2.05, 4.69) is 19.6 Å². The van der Waals surface area contributed by atoms with Gasteiger partial charge in [-0.3, -0.25) is 4.79 Å². The van der Waals surface area contributed by atoms with Crippen LogP contribution in [0, 0.1) is 0 Å². The van der Waals surface area contributed by atoms with Gasteiger partial charge in [0, 0.05) is 37.0 Å². The number of hydrogen-bond acceptors (Lipinski definition) is 7. The number of aromatic nitrogens is 2. The van der Waals surface area contributed by atoms with Gasteiger partial charge < -0.3 is 9.64 Å². The molecule has 6 nitrogen and oxygen atoms in total. The molecule has 1 aromatic rings. The Bertz CT molecular complexity index is 458. The quantitative estimate of drug-likeness (QED) is 0.458. The molecule has 19 heavy (non-hydrogen) atoms. The molecule has 0 spiro atoms. The van der Waals surface area contributed by atoms with Gasteiger partial charge in [-0.25, -0.2) is 14.8 Å². The Morgan fingerprint density at radius 2 is 1.95 bits per heavy atom. The van der Waals surface area contributed by atoms with Crippen LogP contribution in [0.1, 0.15) is 17.3 Å². The van der Waals surface area contributed by atoms with Gasteiger partial charge in [-0.05, 0) is 6.92 Å².